The average Bonchev–Trinajstić information content (AvgIpc) is 2.93. The molecule has 2 N–H and O–H groups in total. The Morgan fingerprint density at radius 2 is 1.92 bits per heavy atom. The van der Waals surface area contributed by atoms with Gasteiger partial charge in [0.05, 0.1) is 18.1 Å². The number of methoxy groups -OCH3 is 1. The van der Waals surface area contributed by atoms with Crippen LogP contribution in [0.25, 0.3) is 22.4 Å². The normalized spacial score (nSPS) is 12.5. The fraction of sp³-hybridized carbons (Fsp3) is 0.350. The molecule has 3 aromatic rings. The quantitative estimate of drug-likeness (QED) is 0.770. The molecule has 0 bridgehead atoms. The fourth-order valence-corrected chi connectivity index (χ4v) is 2.91. The highest BCUT2D eigenvalue weighted by Gasteiger charge is 2.16. The van der Waals surface area contributed by atoms with Crippen LogP contribution in [0.3, 0.4) is 0 Å². The van der Waals surface area contributed by atoms with Gasteiger partial charge in [-0.3, -0.25) is 0 Å². The van der Waals surface area contributed by atoms with Gasteiger partial charge in [0, 0.05) is 18.2 Å². The first-order valence-electron chi connectivity index (χ1n) is 8.41. The van der Waals surface area contributed by atoms with Gasteiger partial charge in [0.15, 0.2) is 0 Å². The first-order valence-corrected chi connectivity index (χ1v) is 8.41. The smallest absolute Gasteiger partial charge is 0.141 e. The van der Waals surface area contributed by atoms with Gasteiger partial charge in [-0.2, -0.15) is 0 Å². The first-order chi connectivity index (χ1) is 11.5. The van der Waals surface area contributed by atoms with Gasteiger partial charge in [-0.1, -0.05) is 19.1 Å². The lowest BCUT2D eigenvalue weighted by molar-refractivity contribution is 0.415. The maximum absolute atomic E-state index is 6.25. The lowest BCUT2D eigenvalue weighted by Gasteiger charge is -2.15. The van der Waals surface area contributed by atoms with Crippen LogP contribution in [-0.2, 0) is 6.54 Å². The second kappa shape index (κ2) is 6.65. The largest absolute Gasteiger partial charge is 0.497 e. The highest BCUT2D eigenvalue weighted by atomic mass is 16.5. The predicted molar refractivity (Wildman–Crippen MR) is 99.5 cm³/mol. The standard InChI is InChI=1S/C20H25N3O/c1-5-16(21)12-23-19-10-14(3)13(2)9-18(19)22-20(23)15-7-6-8-17(11-15)24-4/h6-11,16H,5,12,21H2,1-4H3. The fourth-order valence-electron chi connectivity index (χ4n) is 2.91. The summed E-state index contributed by atoms with van der Waals surface area (Å²) in [6.07, 6.45) is 0.933. The van der Waals surface area contributed by atoms with E-state index in [9.17, 15) is 0 Å². The summed E-state index contributed by atoms with van der Waals surface area (Å²) in [6.45, 7) is 7.13. The van der Waals surface area contributed by atoms with Crippen molar-refractivity contribution in [2.75, 3.05) is 7.11 Å². The minimum Gasteiger partial charge on any atom is -0.497 e. The van der Waals surface area contributed by atoms with Gasteiger partial charge in [-0.05, 0) is 55.7 Å². The van der Waals surface area contributed by atoms with Gasteiger partial charge < -0.3 is 15.0 Å². The molecule has 1 unspecified atom stereocenters. The Hall–Kier alpha value is -2.33. The zero-order chi connectivity index (χ0) is 17.3. The summed E-state index contributed by atoms with van der Waals surface area (Å²) >= 11 is 0. The van der Waals surface area contributed by atoms with Gasteiger partial charge in [0.2, 0.25) is 0 Å². The molecule has 1 heterocycles. The van der Waals surface area contributed by atoms with Crippen molar-refractivity contribution in [1.82, 2.24) is 9.55 Å². The molecule has 126 valence electrons. The summed E-state index contributed by atoms with van der Waals surface area (Å²) in [7, 11) is 1.68. The SMILES string of the molecule is CCC(N)Cn1c(-c2cccc(OC)c2)nc2cc(C)c(C)cc21. The van der Waals surface area contributed by atoms with E-state index in [1.54, 1.807) is 7.11 Å². The molecule has 1 aromatic heterocycles. The molecule has 4 nitrogen and oxygen atoms in total. The first kappa shape index (κ1) is 16.5. The highest BCUT2D eigenvalue weighted by Crippen LogP contribution is 2.29. The lowest BCUT2D eigenvalue weighted by atomic mass is 10.1. The van der Waals surface area contributed by atoms with Crippen LogP contribution in [0, 0.1) is 13.8 Å². The van der Waals surface area contributed by atoms with Gasteiger partial charge in [0.25, 0.3) is 0 Å². The Morgan fingerprint density at radius 1 is 1.17 bits per heavy atom. The number of benzene rings is 2. The van der Waals surface area contributed by atoms with E-state index < -0.39 is 0 Å². The molecule has 0 radical (unpaired) electrons. The number of rotatable bonds is 5. The van der Waals surface area contributed by atoms with Gasteiger partial charge in [-0.25, -0.2) is 4.98 Å². The average molecular weight is 323 g/mol. The molecule has 1 atom stereocenters. The maximum Gasteiger partial charge on any atom is 0.141 e. The van der Waals surface area contributed by atoms with Crippen LogP contribution in [0.2, 0.25) is 0 Å². The minimum absolute atomic E-state index is 0.105. The third kappa shape index (κ3) is 3.02. The van der Waals surface area contributed by atoms with Crippen molar-refractivity contribution in [2.45, 2.75) is 39.8 Å². The maximum atomic E-state index is 6.25. The summed E-state index contributed by atoms with van der Waals surface area (Å²) in [5, 5.41) is 0. The van der Waals surface area contributed by atoms with Gasteiger partial charge in [-0.15, -0.1) is 0 Å². The molecule has 24 heavy (non-hydrogen) atoms. The number of hydrogen-bond acceptors (Lipinski definition) is 3. The minimum atomic E-state index is 0.105. The molecule has 0 aliphatic heterocycles. The lowest BCUT2D eigenvalue weighted by Crippen LogP contribution is -2.25. The number of aryl methyl sites for hydroxylation is 2. The van der Waals surface area contributed by atoms with E-state index in [1.807, 2.05) is 18.2 Å². The van der Waals surface area contributed by atoms with Crippen LogP contribution >= 0.6 is 0 Å². The van der Waals surface area contributed by atoms with E-state index in [4.69, 9.17) is 15.5 Å². The van der Waals surface area contributed by atoms with Crippen LogP contribution in [0.5, 0.6) is 5.75 Å². The highest BCUT2D eigenvalue weighted by molar-refractivity contribution is 5.82. The summed E-state index contributed by atoms with van der Waals surface area (Å²) in [6, 6.07) is 12.5. The monoisotopic (exact) mass is 323 g/mol. The van der Waals surface area contributed by atoms with Crippen LogP contribution < -0.4 is 10.5 Å². The Balaban J connectivity index is 2.23. The van der Waals surface area contributed by atoms with E-state index in [2.05, 4.69) is 43.5 Å². The molecule has 0 aliphatic carbocycles. The summed E-state index contributed by atoms with van der Waals surface area (Å²) in [4.78, 5) is 4.90. The number of ether oxygens (including phenoxy) is 1. The zero-order valence-electron chi connectivity index (χ0n) is 14.8. The molecule has 0 aliphatic rings. The van der Waals surface area contributed by atoms with E-state index in [0.717, 1.165) is 41.1 Å². The second-order valence-corrected chi connectivity index (χ2v) is 6.37. The molecular formula is C20H25N3O. The zero-order valence-corrected chi connectivity index (χ0v) is 14.8. The van der Waals surface area contributed by atoms with Crippen molar-refractivity contribution in [1.29, 1.82) is 0 Å². The molecule has 0 amide bonds. The molecule has 0 fully saturated rings. The number of imidazole rings is 1. The third-order valence-corrected chi connectivity index (χ3v) is 4.63. The van der Waals surface area contributed by atoms with E-state index in [1.165, 1.54) is 11.1 Å². The molecule has 0 saturated carbocycles. The number of aromatic nitrogens is 2. The third-order valence-electron chi connectivity index (χ3n) is 4.63. The second-order valence-electron chi connectivity index (χ2n) is 6.37. The Bertz CT molecular complexity index is 867. The molecule has 0 saturated heterocycles. The molecule has 3 rings (SSSR count). The summed E-state index contributed by atoms with van der Waals surface area (Å²) in [5.41, 5.74) is 12.0. The van der Waals surface area contributed by atoms with E-state index in [0.29, 0.717) is 0 Å². The molecule has 2 aromatic carbocycles. The number of hydrogen-bond donors (Lipinski definition) is 1. The number of fused-ring (bicyclic) bond motifs is 1. The van der Waals surface area contributed by atoms with Crippen LogP contribution in [0.4, 0.5) is 0 Å². The van der Waals surface area contributed by atoms with E-state index in [-0.39, 0.29) is 6.04 Å². The van der Waals surface area contributed by atoms with Crippen molar-refractivity contribution in [3.63, 3.8) is 0 Å². The Labute approximate surface area is 143 Å². The van der Waals surface area contributed by atoms with Crippen molar-refractivity contribution in [3.8, 4) is 17.1 Å². The van der Waals surface area contributed by atoms with Crippen LogP contribution in [0.15, 0.2) is 36.4 Å². The Morgan fingerprint density at radius 3 is 2.62 bits per heavy atom. The topological polar surface area (TPSA) is 53.1 Å². The van der Waals surface area contributed by atoms with Crippen molar-refractivity contribution >= 4 is 11.0 Å². The van der Waals surface area contributed by atoms with Crippen molar-refractivity contribution < 1.29 is 4.74 Å². The predicted octanol–water partition coefficient (Wildman–Crippen LogP) is 4.07. The number of nitrogens with zero attached hydrogens (tertiary/aromatic N) is 2. The van der Waals surface area contributed by atoms with Crippen molar-refractivity contribution in [2.24, 2.45) is 5.73 Å². The Kier molecular flexibility index (Phi) is 4.58. The molecular weight excluding hydrogens is 298 g/mol. The number of nitrogens with two attached hydrogens (primary N) is 1. The summed E-state index contributed by atoms with van der Waals surface area (Å²) in [5.74, 6) is 1.77. The molecule has 0 spiro atoms. The summed E-state index contributed by atoms with van der Waals surface area (Å²) < 4.78 is 7.61. The van der Waals surface area contributed by atoms with Crippen LogP contribution in [0.1, 0.15) is 24.5 Å². The van der Waals surface area contributed by atoms with E-state index >= 15 is 0 Å². The molecule has 4 heteroatoms. The van der Waals surface area contributed by atoms with Gasteiger partial charge in [0.1, 0.15) is 11.6 Å². The van der Waals surface area contributed by atoms with Crippen LogP contribution in [-0.4, -0.2) is 22.7 Å². The van der Waals surface area contributed by atoms with Gasteiger partial charge >= 0.3 is 0 Å². The van der Waals surface area contributed by atoms with Crippen molar-refractivity contribution in [3.05, 3.63) is 47.5 Å².